The number of hydrogen-bond donors (Lipinski definition) is 1. The molecule has 33 heavy (non-hydrogen) atoms. The minimum absolute atomic E-state index is 0.0581. The first-order chi connectivity index (χ1) is 16.0. The minimum Gasteiger partial charge on any atom is -0.351 e. The Morgan fingerprint density at radius 2 is 1.55 bits per heavy atom. The summed E-state index contributed by atoms with van der Waals surface area (Å²) in [7, 11) is 0. The smallest absolute Gasteiger partial charge is 0.174 e. The average molecular weight is 473 g/mol. The van der Waals surface area contributed by atoms with Crippen LogP contribution in [0.25, 0.3) is 5.69 Å². The molecule has 0 bridgehead atoms. The molecule has 0 saturated carbocycles. The predicted octanol–water partition coefficient (Wildman–Crippen LogP) is 6.63. The van der Waals surface area contributed by atoms with Crippen LogP contribution in [-0.2, 0) is 0 Å². The second-order valence-corrected chi connectivity index (χ2v) is 9.18. The highest BCUT2D eigenvalue weighted by Gasteiger charge is 2.43. The van der Waals surface area contributed by atoms with Gasteiger partial charge in [-0.25, -0.2) is 0 Å². The molecule has 3 heterocycles. The highest BCUT2D eigenvalue weighted by molar-refractivity contribution is 7.80. The van der Waals surface area contributed by atoms with E-state index < -0.39 is 0 Å². The van der Waals surface area contributed by atoms with Crippen molar-refractivity contribution in [3.05, 3.63) is 112 Å². The Kier molecular flexibility index (Phi) is 5.69. The summed E-state index contributed by atoms with van der Waals surface area (Å²) in [5.41, 5.74) is 8.06. The van der Waals surface area contributed by atoms with Gasteiger partial charge in [0.2, 0.25) is 0 Å². The van der Waals surface area contributed by atoms with Gasteiger partial charge >= 0.3 is 0 Å². The van der Waals surface area contributed by atoms with Crippen LogP contribution in [0.2, 0.25) is 5.02 Å². The number of rotatable bonds is 4. The maximum Gasteiger partial charge on any atom is 0.174 e. The molecule has 4 nitrogen and oxygen atoms in total. The fourth-order valence-corrected chi connectivity index (χ4v) is 5.41. The maximum absolute atomic E-state index is 6.19. The quantitative estimate of drug-likeness (QED) is 0.338. The molecule has 1 fully saturated rings. The van der Waals surface area contributed by atoms with Crippen molar-refractivity contribution in [2.45, 2.75) is 32.9 Å². The van der Waals surface area contributed by atoms with Gasteiger partial charge in [0.1, 0.15) is 0 Å². The van der Waals surface area contributed by atoms with E-state index in [2.05, 4.69) is 70.9 Å². The van der Waals surface area contributed by atoms with E-state index in [1.807, 2.05) is 48.7 Å². The second kappa shape index (κ2) is 8.65. The van der Waals surface area contributed by atoms with Gasteiger partial charge in [0.05, 0.1) is 17.8 Å². The summed E-state index contributed by atoms with van der Waals surface area (Å²) in [6.07, 6.45) is 1.84. The zero-order valence-corrected chi connectivity index (χ0v) is 20.4. The molecule has 1 aliphatic rings. The molecular formula is C27H25ClN4S. The van der Waals surface area contributed by atoms with Crippen LogP contribution < -0.4 is 10.2 Å². The van der Waals surface area contributed by atoms with Crippen molar-refractivity contribution < 1.29 is 0 Å². The van der Waals surface area contributed by atoms with Crippen LogP contribution in [0.4, 0.5) is 5.69 Å². The lowest BCUT2D eigenvalue weighted by Gasteiger charge is -2.29. The summed E-state index contributed by atoms with van der Waals surface area (Å²) in [6, 6.07) is 24.2. The number of pyridine rings is 1. The van der Waals surface area contributed by atoms with Crippen molar-refractivity contribution in [2.24, 2.45) is 0 Å². The van der Waals surface area contributed by atoms with Crippen LogP contribution in [0, 0.1) is 20.8 Å². The average Bonchev–Trinajstić information content (AvgIpc) is 3.28. The number of thiocarbonyl (C=S) groups is 1. The number of nitrogens with one attached hydrogen (secondary N) is 1. The van der Waals surface area contributed by atoms with Gasteiger partial charge in [-0.15, -0.1) is 0 Å². The van der Waals surface area contributed by atoms with Crippen LogP contribution in [0.15, 0.2) is 79.0 Å². The van der Waals surface area contributed by atoms with Crippen molar-refractivity contribution in [3.8, 4) is 5.69 Å². The molecule has 1 aliphatic heterocycles. The Hall–Kier alpha value is -3.15. The highest BCUT2D eigenvalue weighted by atomic mass is 35.5. The standard InChI is InChI=1S/C27H25ClN4S/c1-17-18(2)31(21-9-5-4-6-10-21)19(3)24(17)26-25(23-11-7-8-16-29-23)30-27(33)32(26)22-14-12-20(28)13-15-22/h4-16,25-26H,1-3H3,(H,30,33)/t25-,26-/m0/s1. The molecule has 0 unspecified atom stereocenters. The lowest BCUT2D eigenvalue weighted by Crippen LogP contribution is -2.29. The molecule has 2 atom stereocenters. The molecule has 2 aromatic carbocycles. The lowest BCUT2D eigenvalue weighted by atomic mass is 9.93. The molecule has 166 valence electrons. The van der Waals surface area contributed by atoms with E-state index in [0.717, 1.165) is 17.1 Å². The van der Waals surface area contributed by atoms with Gasteiger partial charge in [-0.2, -0.15) is 0 Å². The third-order valence-electron chi connectivity index (χ3n) is 6.52. The first-order valence-electron chi connectivity index (χ1n) is 11.0. The third-order valence-corrected chi connectivity index (χ3v) is 7.09. The molecule has 0 amide bonds. The van der Waals surface area contributed by atoms with Gasteiger partial charge in [-0.05, 0) is 87.1 Å². The summed E-state index contributed by atoms with van der Waals surface area (Å²) in [6.45, 7) is 6.58. The summed E-state index contributed by atoms with van der Waals surface area (Å²) in [5, 5.41) is 4.94. The van der Waals surface area contributed by atoms with Crippen LogP contribution in [-0.4, -0.2) is 14.7 Å². The topological polar surface area (TPSA) is 33.1 Å². The van der Waals surface area contributed by atoms with E-state index in [0.29, 0.717) is 10.1 Å². The van der Waals surface area contributed by atoms with Crippen molar-refractivity contribution in [2.75, 3.05) is 4.90 Å². The molecule has 5 rings (SSSR count). The van der Waals surface area contributed by atoms with Crippen LogP contribution in [0.1, 0.15) is 40.3 Å². The highest BCUT2D eigenvalue weighted by Crippen LogP contribution is 2.45. The molecule has 6 heteroatoms. The fourth-order valence-electron chi connectivity index (χ4n) is 4.93. The Bertz CT molecular complexity index is 1300. The van der Waals surface area contributed by atoms with Gasteiger partial charge in [-0.1, -0.05) is 35.9 Å². The number of aromatic nitrogens is 2. The number of nitrogens with zero attached hydrogens (tertiary/aromatic N) is 3. The summed E-state index contributed by atoms with van der Waals surface area (Å²) in [4.78, 5) is 6.89. The largest absolute Gasteiger partial charge is 0.351 e. The monoisotopic (exact) mass is 472 g/mol. The zero-order chi connectivity index (χ0) is 23.1. The predicted molar refractivity (Wildman–Crippen MR) is 139 cm³/mol. The number of halogens is 1. The Balaban J connectivity index is 1.72. The number of hydrogen-bond acceptors (Lipinski definition) is 2. The van der Waals surface area contributed by atoms with Crippen molar-refractivity contribution in [1.29, 1.82) is 0 Å². The number of para-hydroxylation sites is 1. The zero-order valence-electron chi connectivity index (χ0n) is 18.8. The minimum atomic E-state index is -0.0854. The van der Waals surface area contributed by atoms with Gasteiger partial charge < -0.3 is 14.8 Å². The molecular weight excluding hydrogens is 448 g/mol. The molecule has 1 saturated heterocycles. The van der Waals surface area contributed by atoms with E-state index >= 15 is 0 Å². The van der Waals surface area contributed by atoms with E-state index in [-0.39, 0.29) is 12.1 Å². The molecule has 0 aliphatic carbocycles. The lowest BCUT2D eigenvalue weighted by molar-refractivity contribution is 0.563. The SMILES string of the molecule is Cc1c([C@H]2[C@H](c3ccccn3)NC(=S)N2c2ccc(Cl)cc2)c(C)n(-c2ccccc2)c1C. The first kappa shape index (κ1) is 21.7. The third kappa shape index (κ3) is 3.71. The Morgan fingerprint density at radius 1 is 0.848 bits per heavy atom. The van der Waals surface area contributed by atoms with Crippen LogP contribution >= 0.6 is 23.8 Å². The summed E-state index contributed by atoms with van der Waals surface area (Å²) < 4.78 is 2.33. The number of anilines is 1. The molecule has 4 aromatic rings. The normalized spacial score (nSPS) is 17.9. The van der Waals surface area contributed by atoms with E-state index in [1.54, 1.807) is 0 Å². The van der Waals surface area contributed by atoms with Crippen LogP contribution in [0.5, 0.6) is 0 Å². The van der Waals surface area contributed by atoms with Crippen LogP contribution in [0.3, 0.4) is 0 Å². The van der Waals surface area contributed by atoms with E-state index in [4.69, 9.17) is 23.8 Å². The molecule has 1 N–H and O–H groups in total. The van der Waals surface area contributed by atoms with Crippen molar-refractivity contribution >= 4 is 34.6 Å². The van der Waals surface area contributed by atoms with Crippen molar-refractivity contribution in [1.82, 2.24) is 14.9 Å². The first-order valence-corrected chi connectivity index (χ1v) is 11.8. The molecule has 0 radical (unpaired) electrons. The maximum atomic E-state index is 6.19. The second-order valence-electron chi connectivity index (χ2n) is 8.35. The van der Waals surface area contributed by atoms with E-state index in [1.165, 1.54) is 22.5 Å². The summed E-state index contributed by atoms with van der Waals surface area (Å²) in [5.74, 6) is 0. The van der Waals surface area contributed by atoms with Gasteiger partial charge in [0.15, 0.2) is 5.11 Å². The Labute approximate surface area is 204 Å². The molecule has 0 spiro atoms. The fraction of sp³-hybridized carbons (Fsp3) is 0.185. The summed E-state index contributed by atoms with van der Waals surface area (Å²) >= 11 is 12.1. The Morgan fingerprint density at radius 3 is 2.21 bits per heavy atom. The molecule has 2 aromatic heterocycles. The van der Waals surface area contributed by atoms with Gasteiger partial charge in [0, 0.05) is 39.5 Å². The van der Waals surface area contributed by atoms with Gasteiger partial charge in [-0.3, -0.25) is 4.98 Å². The number of benzene rings is 2. The van der Waals surface area contributed by atoms with E-state index in [9.17, 15) is 0 Å². The van der Waals surface area contributed by atoms with Crippen molar-refractivity contribution in [3.63, 3.8) is 0 Å². The van der Waals surface area contributed by atoms with Gasteiger partial charge in [0.25, 0.3) is 0 Å².